The third kappa shape index (κ3) is 3.96. The number of piperidine rings is 1. The minimum Gasteiger partial charge on any atom is -0.375 e. The molecule has 0 saturated carbocycles. The van der Waals surface area contributed by atoms with Crippen molar-refractivity contribution in [2.24, 2.45) is 5.92 Å². The fourth-order valence-corrected chi connectivity index (χ4v) is 5.52. The van der Waals surface area contributed by atoms with Crippen LogP contribution >= 0.6 is 11.3 Å². The third-order valence-corrected chi connectivity index (χ3v) is 6.88. The van der Waals surface area contributed by atoms with Crippen molar-refractivity contribution in [2.45, 2.75) is 51.5 Å². The van der Waals surface area contributed by atoms with E-state index in [1.807, 2.05) is 17.6 Å². The fraction of sp³-hybridized carbons (Fsp3) is 0.737. The first-order valence-electron chi connectivity index (χ1n) is 10.0. The molecule has 2 aliphatic rings. The molecular formula is C19H29N5O2S. The number of amides is 1. The summed E-state index contributed by atoms with van der Waals surface area (Å²) in [5.41, 5.74) is 1.01. The number of hydrogen-bond acceptors (Lipinski definition) is 6. The van der Waals surface area contributed by atoms with Gasteiger partial charge in [-0.2, -0.15) is 0 Å². The Morgan fingerprint density at radius 2 is 2.04 bits per heavy atom. The molecule has 0 N–H and O–H groups in total. The van der Waals surface area contributed by atoms with E-state index >= 15 is 0 Å². The summed E-state index contributed by atoms with van der Waals surface area (Å²) in [6.45, 7) is 5.09. The monoisotopic (exact) mass is 391 g/mol. The van der Waals surface area contributed by atoms with Gasteiger partial charge in [0.25, 0.3) is 0 Å². The van der Waals surface area contributed by atoms with Crippen LogP contribution in [0.25, 0.3) is 4.96 Å². The molecule has 0 spiro atoms. The van der Waals surface area contributed by atoms with Gasteiger partial charge in [-0.15, -0.1) is 5.10 Å². The number of aromatic nitrogens is 3. The number of carbonyl (C=O) groups excluding carboxylic acids is 1. The van der Waals surface area contributed by atoms with Gasteiger partial charge in [0.1, 0.15) is 6.61 Å². The van der Waals surface area contributed by atoms with Crippen LogP contribution in [0.1, 0.15) is 44.2 Å². The van der Waals surface area contributed by atoms with Crippen LogP contribution in [0, 0.1) is 12.8 Å². The Bertz CT molecular complexity index is 749. The molecule has 27 heavy (non-hydrogen) atoms. The van der Waals surface area contributed by atoms with Crippen molar-refractivity contribution in [3.8, 4) is 0 Å². The van der Waals surface area contributed by atoms with Crippen molar-refractivity contribution in [3.05, 3.63) is 11.9 Å². The highest BCUT2D eigenvalue weighted by molar-refractivity contribution is 7.20. The van der Waals surface area contributed by atoms with Crippen LogP contribution in [0.2, 0.25) is 0 Å². The molecule has 8 heteroatoms. The summed E-state index contributed by atoms with van der Waals surface area (Å²) < 4.78 is 7.01. The number of hydrogen-bond donors (Lipinski definition) is 0. The number of nitrogens with zero attached hydrogens (tertiary/aromatic N) is 5. The highest BCUT2D eigenvalue weighted by Gasteiger charge is 2.34. The highest BCUT2D eigenvalue weighted by Crippen LogP contribution is 2.33. The number of aryl methyl sites for hydroxylation is 1. The van der Waals surface area contributed by atoms with Gasteiger partial charge in [-0.05, 0) is 38.5 Å². The summed E-state index contributed by atoms with van der Waals surface area (Å²) in [5, 5.41) is 5.75. The molecule has 0 aromatic carbocycles. The number of imidazole rings is 1. The molecule has 4 rings (SSSR count). The van der Waals surface area contributed by atoms with E-state index in [4.69, 9.17) is 9.84 Å². The lowest BCUT2D eigenvalue weighted by Gasteiger charge is -2.40. The molecule has 1 atom stereocenters. The number of carbonyl (C=O) groups is 1. The second-order valence-corrected chi connectivity index (χ2v) is 8.69. The van der Waals surface area contributed by atoms with Gasteiger partial charge < -0.3 is 14.5 Å². The van der Waals surface area contributed by atoms with Crippen molar-refractivity contribution >= 4 is 27.3 Å². The van der Waals surface area contributed by atoms with Crippen molar-refractivity contribution < 1.29 is 9.53 Å². The smallest absolute Gasteiger partial charge is 0.248 e. The van der Waals surface area contributed by atoms with Crippen LogP contribution in [0.4, 0.5) is 5.13 Å². The number of likely N-dealkylation sites (tertiary alicyclic amines) is 1. The maximum atomic E-state index is 12.6. The molecule has 2 aliphatic heterocycles. The zero-order chi connectivity index (χ0) is 18.8. The summed E-state index contributed by atoms with van der Waals surface area (Å²) in [6, 6.07) is 0.369. The summed E-state index contributed by atoms with van der Waals surface area (Å²) in [5.74, 6) is 0.731. The van der Waals surface area contributed by atoms with Gasteiger partial charge in [0.15, 0.2) is 0 Å². The maximum Gasteiger partial charge on any atom is 0.248 e. The molecular weight excluding hydrogens is 362 g/mol. The van der Waals surface area contributed by atoms with Crippen LogP contribution in [-0.4, -0.2) is 64.8 Å². The van der Waals surface area contributed by atoms with Crippen molar-refractivity contribution in [2.75, 3.05) is 38.3 Å². The third-order valence-electron chi connectivity index (χ3n) is 5.89. The SMILES string of the molecule is COCC(=O)N1CCCCCC1C1CCN(c2nn3cc(C)nc3s2)CC1. The fourth-order valence-electron chi connectivity index (χ4n) is 4.54. The number of anilines is 1. The first-order valence-corrected chi connectivity index (χ1v) is 10.8. The van der Waals surface area contributed by atoms with Crippen LogP contribution in [0.5, 0.6) is 0 Å². The van der Waals surface area contributed by atoms with E-state index in [0.717, 1.165) is 61.1 Å². The minimum atomic E-state index is 0.156. The van der Waals surface area contributed by atoms with E-state index in [1.165, 1.54) is 12.8 Å². The number of methoxy groups -OCH3 is 1. The largest absolute Gasteiger partial charge is 0.375 e. The maximum absolute atomic E-state index is 12.6. The molecule has 2 saturated heterocycles. The lowest BCUT2D eigenvalue weighted by atomic mass is 9.86. The van der Waals surface area contributed by atoms with Gasteiger partial charge in [0.05, 0.1) is 11.9 Å². The van der Waals surface area contributed by atoms with Crippen LogP contribution < -0.4 is 4.90 Å². The second-order valence-electron chi connectivity index (χ2n) is 7.76. The van der Waals surface area contributed by atoms with Gasteiger partial charge in [-0.25, -0.2) is 9.50 Å². The normalized spacial score (nSPS) is 22.4. The number of fused-ring (bicyclic) bond motifs is 1. The zero-order valence-electron chi connectivity index (χ0n) is 16.3. The Balaban J connectivity index is 1.41. The average Bonchev–Trinajstić information content (AvgIpc) is 3.09. The molecule has 1 unspecified atom stereocenters. The quantitative estimate of drug-likeness (QED) is 0.802. The van der Waals surface area contributed by atoms with Gasteiger partial charge >= 0.3 is 0 Å². The highest BCUT2D eigenvalue weighted by atomic mass is 32.1. The Hall–Kier alpha value is -1.67. The Morgan fingerprint density at radius 3 is 2.78 bits per heavy atom. The Kier molecular flexibility index (Phi) is 5.63. The van der Waals surface area contributed by atoms with Crippen molar-refractivity contribution in [1.82, 2.24) is 19.5 Å². The van der Waals surface area contributed by atoms with Gasteiger partial charge in [0, 0.05) is 32.8 Å². The van der Waals surface area contributed by atoms with Gasteiger partial charge in [-0.1, -0.05) is 24.2 Å². The van der Waals surface area contributed by atoms with E-state index in [0.29, 0.717) is 12.0 Å². The Morgan fingerprint density at radius 1 is 1.22 bits per heavy atom. The standard InChI is InChI=1S/C19H29N5O2S/c1-14-12-24-18(20-14)27-19(21-24)22-10-7-15(8-11-22)16-6-4-3-5-9-23(16)17(25)13-26-2/h12,15-16H,3-11,13H2,1-2H3. The summed E-state index contributed by atoms with van der Waals surface area (Å²) in [4.78, 5) is 22.5. The van der Waals surface area contributed by atoms with Crippen molar-refractivity contribution in [1.29, 1.82) is 0 Å². The average molecular weight is 392 g/mol. The first-order chi connectivity index (χ1) is 13.2. The van der Waals surface area contributed by atoms with E-state index in [1.54, 1.807) is 18.4 Å². The molecule has 1 amide bonds. The van der Waals surface area contributed by atoms with Gasteiger partial charge in [0.2, 0.25) is 16.0 Å². The lowest BCUT2D eigenvalue weighted by Crippen LogP contribution is -2.48. The van der Waals surface area contributed by atoms with Crippen LogP contribution in [0.3, 0.4) is 0 Å². The summed E-state index contributed by atoms with van der Waals surface area (Å²) >= 11 is 1.66. The minimum absolute atomic E-state index is 0.156. The molecule has 4 heterocycles. The van der Waals surface area contributed by atoms with Crippen LogP contribution in [0.15, 0.2) is 6.20 Å². The molecule has 148 valence electrons. The predicted molar refractivity (Wildman–Crippen MR) is 106 cm³/mol. The number of rotatable bonds is 4. The Labute approximate surface area is 164 Å². The topological polar surface area (TPSA) is 63.0 Å². The molecule has 0 bridgehead atoms. The molecule has 2 aromatic rings. The predicted octanol–water partition coefficient (Wildman–Crippen LogP) is 2.73. The number of ether oxygens (including phenoxy) is 1. The molecule has 0 radical (unpaired) electrons. The first kappa shape index (κ1) is 18.7. The van der Waals surface area contributed by atoms with E-state index < -0.39 is 0 Å². The van der Waals surface area contributed by atoms with Gasteiger partial charge in [-0.3, -0.25) is 4.79 Å². The van der Waals surface area contributed by atoms with Crippen molar-refractivity contribution in [3.63, 3.8) is 0 Å². The molecule has 7 nitrogen and oxygen atoms in total. The molecule has 2 fully saturated rings. The van der Waals surface area contributed by atoms with E-state index in [-0.39, 0.29) is 12.5 Å². The molecule has 0 aliphatic carbocycles. The summed E-state index contributed by atoms with van der Waals surface area (Å²) in [6.07, 6.45) is 8.90. The van der Waals surface area contributed by atoms with Crippen LogP contribution in [-0.2, 0) is 9.53 Å². The zero-order valence-corrected chi connectivity index (χ0v) is 17.1. The lowest BCUT2D eigenvalue weighted by molar-refractivity contribution is -0.138. The van der Waals surface area contributed by atoms with E-state index in [9.17, 15) is 4.79 Å². The van der Waals surface area contributed by atoms with E-state index in [2.05, 4.69) is 14.8 Å². The second kappa shape index (κ2) is 8.14. The summed E-state index contributed by atoms with van der Waals surface area (Å²) in [7, 11) is 1.61. The molecule has 2 aromatic heterocycles.